The minimum Gasteiger partial charge on any atom is -0.493 e. The number of aryl methyl sites for hydroxylation is 1. The summed E-state index contributed by atoms with van der Waals surface area (Å²) in [6.07, 6.45) is 0.782. The van der Waals surface area contributed by atoms with Crippen LogP contribution in [0.3, 0.4) is 0 Å². The molecular weight excluding hydrogens is 226 g/mol. The van der Waals surface area contributed by atoms with E-state index in [1.54, 1.807) is 0 Å². The van der Waals surface area contributed by atoms with Crippen LogP contribution in [0.4, 0.5) is 0 Å². The molecule has 1 atom stereocenters. The van der Waals surface area contributed by atoms with Crippen LogP contribution in [0.2, 0.25) is 0 Å². The molecule has 102 valence electrons. The van der Waals surface area contributed by atoms with Crippen LogP contribution in [0.5, 0.6) is 5.75 Å². The summed E-state index contributed by atoms with van der Waals surface area (Å²) in [6.45, 7) is 9.78. The second-order valence-corrected chi connectivity index (χ2v) is 5.05. The van der Waals surface area contributed by atoms with Gasteiger partial charge in [0.05, 0.1) is 13.2 Å². The largest absolute Gasteiger partial charge is 0.493 e. The van der Waals surface area contributed by atoms with Gasteiger partial charge in [-0.05, 0) is 44.5 Å². The van der Waals surface area contributed by atoms with Gasteiger partial charge in [0, 0.05) is 12.0 Å². The number of likely N-dealkylation sites (N-methyl/N-ethyl adjacent to an activating group) is 1. The van der Waals surface area contributed by atoms with Crippen LogP contribution in [0.25, 0.3) is 0 Å². The number of benzene rings is 1. The van der Waals surface area contributed by atoms with Crippen molar-refractivity contribution in [2.24, 2.45) is 0 Å². The van der Waals surface area contributed by atoms with Crippen molar-refractivity contribution in [2.45, 2.75) is 39.7 Å². The molecule has 0 aliphatic heterocycles. The minimum atomic E-state index is -0.257. The fourth-order valence-electron chi connectivity index (χ4n) is 1.92. The molecule has 0 heterocycles. The Morgan fingerprint density at radius 1 is 1.33 bits per heavy atom. The quantitative estimate of drug-likeness (QED) is 0.782. The summed E-state index contributed by atoms with van der Waals surface area (Å²) in [6, 6.07) is 6.08. The molecule has 1 unspecified atom stereocenters. The lowest BCUT2D eigenvalue weighted by molar-refractivity contribution is 0.145. The maximum Gasteiger partial charge on any atom is 0.122 e. The highest BCUT2D eigenvalue weighted by Gasteiger charge is 2.21. The zero-order chi connectivity index (χ0) is 13.6. The lowest BCUT2D eigenvalue weighted by atomic mass is 9.99. The molecule has 3 nitrogen and oxygen atoms in total. The zero-order valence-corrected chi connectivity index (χ0v) is 11.9. The van der Waals surface area contributed by atoms with Crippen molar-refractivity contribution in [3.63, 3.8) is 0 Å². The van der Waals surface area contributed by atoms with E-state index in [0.717, 1.165) is 18.7 Å². The van der Waals surface area contributed by atoms with E-state index in [9.17, 15) is 5.11 Å². The molecule has 18 heavy (non-hydrogen) atoms. The SMILES string of the molecule is CCNC(C)(CO)CCOc1cccc(C)c1C. The Balaban J connectivity index is 2.53. The normalized spacial score (nSPS) is 14.3. The minimum absolute atomic E-state index is 0.122. The van der Waals surface area contributed by atoms with Crippen LogP contribution in [-0.4, -0.2) is 30.4 Å². The molecule has 0 aromatic heterocycles. The summed E-state index contributed by atoms with van der Waals surface area (Å²) >= 11 is 0. The average molecular weight is 251 g/mol. The van der Waals surface area contributed by atoms with Crippen molar-refractivity contribution < 1.29 is 9.84 Å². The van der Waals surface area contributed by atoms with Gasteiger partial charge in [0.1, 0.15) is 5.75 Å². The first-order valence-corrected chi connectivity index (χ1v) is 6.57. The number of hydrogen-bond donors (Lipinski definition) is 2. The third-order valence-corrected chi connectivity index (χ3v) is 3.42. The van der Waals surface area contributed by atoms with Crippen molar-refractivity contribution in [2.75, 3.05) is 19.8 Å². The van der Waals surface area contributed by atoms with Crippen LogP contribution >= 0.6 is 0 Å². The molecule has 1 rings (SSSR count). The van der Waals surface area contributed by atoms with E-state index in [2.05, 4.69) is 25.2 Å². The fraction of sp³-hybridized carbons (Fsp3) is 0.600. The number of nitrogens with one attached hydrogen (secondary N) is 1. The number of rotatable bonds is 7. The van der Waals surface area contributed by atoms with Gasteiger partial charge in [0.25, 0.3) is 0 Å². The molecule has 0 aliphatic carbocycles. The van der Waals surface area contributed by atoms with Gasteiger partial charge in [0.15, 0.2) is 0 Å². The smallest absolute Gasteiger partial charge is 0.122 e. The highest BCUT2D eigenvalue weighted by Crippen LogP contribution is 2.21. The highest BCUT2D eigenvalue weighted by atomic mass is 16.5. The first-order chi connectivity index (χ1) is 8.52. The molecule has 0 fully saturated rings. The Hall–Kier alpha value is -1.06. The van der Waals surface area contributed by atoms with Crippen LogP contribution < -0.4 is 10.1 Å². The van der Waals surface area contributed by atoms with Crippen LogP contribution in [0.15, 0.2) is 18.2 Å². The zero-order valence-electron chi connectivity index (χ0n) is 11.9. The molecule has 1 aromatic carbocycles. The molecule has 1 aromatic rings. The molecular formula is C15H25NO2. The topological polar surface area (TPSA) is 41.5 Å². The van der Waals surface area contributed by atoms with E-state index < -0.39 is 0 Å². The van der Waals surface area contributed by atoms with Crippen LogP contribution in [-0.2, 0) is 0 Å². The van der Waals surface area contributed by atoms with Crippen molar-refractivity contribution in [3.8, 4) is 5.75 Å². The average Bonchev–Trinajstić information content (AvgIpc) is 2.35. The van der Waals surface area contributed by atoms with E-state index in [1.165, 1.54) is 11.1 Å². The highest BCUT2D eigenvalue weighted by molar-refractivity contribution is 5.38. The van der Waals surface area contributed by atoms with Gasteiger partial charge in [-0.2, -0.15) is 0 Å². The number of hydrogen-bond acceptors (Lipinski definition) is 3. The van der Waals surface area contributed by atoms with Gasteiger partial charge < -0.3 is 15.2 Å². The molecule has 3 heteroatoms. The molecule has 0 bridgehead atoms. The van der Waals surface area contributed by atoms with Gasteiger partial charge in [-0.1, -0.05) is 19.1 Å². The summed E-state index contributed by atoms with van der Waals surface area (Å²) in [4.78, 5) is 0. The van der Waals surface area contributed by atoms with Crippen molar-refractivity contribution in [1.29, 1.82) is 0 Å². The number of aliphatic hydroxyl groups is 1. The second-order valence-electron chi connectivity index (χ2n) is 5.05. The first kappa shape index (κ1) is 15.0. The Labute approximate surface area is 110 Å². The van der Waals surface area contributed by atoms with E-state index in [1.807, 2.05) is 26.0 Å². The van der Waals surface area contributed by atoms with Gasteiger partial charge in [0.2, 0.25) is 0 Å². The van der Waals surface area contributed by atoms with Crippen molar-refractivity contribution in [1.82, 2.24) is 5.32 Å². The number of ether oxygens (including phenoxy) is 1. The monoisotopic (exact) mass is 251 g/mol. The van der Waals surface area contributed by atoms with E-state index >= 15 is 0 Å². The molecule has 0 spiro atoms. The summed E-state index contributed by atoms with van der Waals surface area (Å²) in [7, 11) is 0. The van der Waals surface area contributed by atoms with Crippen molar-refractivity contribution in [3.05, 3.63) is 29.3 Å². The summed E-state index contributed by atoms with van der Waals surface area (Å²) in [5.41, 5.74) is 2.17. The Morgan fingerprint density at radius 2 is 2.06 bits per heavy atom. The summed E-state index contributed by atoms with van der Waals surface area (Å²) in [5.74, 6) is 0.937. The van der Waals surface area contributed by atoms with Gasteiger partial charge in [-0.15, -0.1) is 0 Å². The molecule has 0 saturated heterocycles. The predicted octanol–water partition coefficient (Wildman–Crippen LogP) is 2.43. The maximum atomic E-state index is 9.39. The van der Waals surface area contributed by atoms with E-state index in [0.29, 0.717) is 6.61 Å². The fourth-order valence-corrected chi connectivity index (χ4v) is 1.92. The van der Waals surface area contributed by atoms with Gasteiger partial charge in [-0.25, -0.2) is 0 Å². The Bertz CT molecular complexity index is 379. The molecule has 0 amide bonds. The second kappa shape index (κ2) is 6.76. The molecule has 0 radical (unpaired) electrons. The molecule has 2 N–H and O–H groups in total. The number of aliphatic hydroxyl groups excluding tert-OH is 1. The maximum absolute atomic E-state index is 9.39. The van der Waals surface area contributed by atoms with Crippen LogP contribution in [0.1, 0.15) is 31.4 Å². The lowest BCUT2D eigenvalue weighted by Gasteiger charge is -2.28. The van der Waals surface area contributed by atoms with E-state index in [4.69, 9.17) is 4.74 Å². The first-order valence-electron chi connectivity index (χ1n) is 6.57. The predicted molar refractivity (Wildman–Crippen MR) is 75.2 cm³/mol. The van der Waals surface area contributed by atoms with Gasteiger partial charge in [-0.3, -0.25) is 0 Å². The van der Waals surface area contributed by atoms with Crippen molar-refractivity contribution >= 4 is 0 Å². The Kier molecular flexibility index (Phi) is 5.63. The van der Waals surface area contributed by atoms with Gasteiger partial charge >= 0.3 is 0 Å². The molecule has 0 aliphatic rings. The standard InChI is InChI=1S/C15H25NO2/c1-5-16-15(4,11-17)9-10-18-14-8-6-7-12(2)13(14)3/h6-8,16-17H,5,9-11H2,1-4H3. The third-order valence-electron chi connectivity index (χ3n) is 3.42. The van der Waals surface area contributed by atoms with Crippen LogP contribution in [0, 0.1) is 13.8 Å². The summed E-state index contributed by atoms with van der Waals surface area (Å²) in [5, 5.41) is 12.7. The lowest BCUT2D eigenvalue weighted by Crippen LogP contribution is -2.46. The molecule has 0 saturated carbocycles. The summed E-state index contributed by atoms with van der Waals surface area (Å²) < 4.78 is 5.81. The third kappa shape index (κ3) is 4.00. The van der Waals surface area contributed by atoms with E-state index in [-0.39, 0.29) is 12.1 Å². The Morgan fingerprint density at radius 3 is 2.67 bits per heavy atom.